The second kappa shape index (κ2) is 9.28. The van der Waals surface area contributed by atoms with E-state index in [1.807, 2.05) is 11.9 Å². The number of carbonyl (C=O) groups is 1. The van der Waals surface area contributed by atoms with Crippen molar-refractivity contribution in [2.45, 2.75) is 32.2 Å². The molecule has 0 spiro atoms. The molecule has 1 saturated heterocycles. The van der Waals surface area contributed by atoms with Crippen LogP contribution in [0.2, 0.25) is 0 Å². The van der Waals surface area contributed by atoms with Crippen LogP contribution in [-0.2, 0) is 9.53 Å². The Kier molecular flexibility index (Phi) is 8.02. The first-order chi connectivity index (χ1) is 9.19. The summed E-state index contributed by atoms with van der Waals surface area (Å²) >= 11 is 0. The fraction of sp³-hybridized carbons (Fsp3) is 0.929. The lowest BCUT2D eigenvalue weighted by Crippen LogP contribution is -2.48. The maximum absolute atomic E-state index is 12.0. The maximum atomic E-state index is 12.0. The zero-order valence-electron chi connectivity index (χ0n) is 12.7. The van der Waals surface area contributed by atoms with Crippen LogP contribution < -0.4 is 5.32 Å². The van der Waals surface area contributed by atoms with E-state index in [9.17, 15) is 4.79 Å². The van der Waals surface area contributed by atoms with Crippen molar-refractivity contribution in [3.8, 4) is 0 Å². The normalized spacial score (nSPS) is 17.6. The van der Waals surface area contributed by atoms with E-state index in [1.165, 1.54) is 13.0 Å². The minimum absolute atomic E-state index is 0.185. The quantitative estimate of drug-likeness (QED) is 0.655. The molecule has 0 radical (unpaired) electrons. The van der Waals surface area contributed by atoms with Crippen LogP contribution in [0.3, 0.4) is 0 Å². The lowest BCUT2D eigenvalue weighted by molar-refractivity contribution is -0.131. The van der Waals surface area contributed by atoms with Gasteiger partial charge in [0.05, 0.1) is 13.2 Å². The van der Waals surface area contributed by atoms with E-state index >= 15 is 0 Å². The number of likely N-dealkylation sites (tertiary alicyclic amines) is 1. The van der Waals surface area contributed by atoms with Crippen LogP contribution in [-0.4, -0.2) is 75.2 Å². The maximum Gasteiger partial charge on any atom is 0.236 e. The first-order valence-corrected chi connectivity index (χ1v) is 7.36. The Labute approximate surface area is 117 Å². The van der Waals surface area contributed by atoms with Crippen molar-refractivity contribution in [2.24, 2.45) is 0 Å². The summed E-state index contributed by atoms with van der Waals surface area (Å²) in [5.41, 5.74) is 0. The molecule has 0 aliphatic carbocycles. The van der Waals surface area contributed by atoms with Crippen LogP contribution in [0.4, 0.5) is 0 Å². The van der Waals surface area contributed by atoms with E-state index in [0.717, 1.165) is 32.5 Å². The zero-order chi connectivity index (χ0) is 14.1. The Morgan fingerprint density at radius 2 is 2.11 bits per heavy atom. The van der Waals surface area contributed by atoms with Crippen LogP contribution in [0.15, 0.2) is 0 Å². The van der Waals surface area contributed by atoms with Gasteiger partial charge in [-0.2, -0.15) is 0 Å². The molecule has 1 rings (SSSR count). The Morgan fingerprint density at radius 3 is 2.68 bits per heavy atom. The van der Waals surface area contributed by atoms with Crippen molar-refractivity contribution < 1.29 is 9.53 Å². The summed E-state index contributed by atoms with van der Waals surface area (Å²) in [6.07, 6.45) is 3.41. The van der Waals surface area contributed by atoms with E-state index < -0.39 is 0 Å². The molecule has 0 aromatic rings. The summed E-state index contributed by atoms with van der Waals surface area (Å²) in [6, 6.07) is 0.407. The number of nitrogens with zero attached hydrogens (tertiary/aromatic N) is 2. The van der Waals surface area contributed by atoms with Gasteiger partial charge in [0.2, 0.25) is 5.91 Å². The van der Waals surface area contributed by atoms with Crippen LogP contribution >= 0.6 is 0 Å². The zero-order valence-corrected chi connectivity index (χ0v) is 12.7. The molecular formula is C14H29N3O2. The Balaban J connectivity index is 2.22. The second-order valence-electron chi connectivity index (χ2n) is 5.25. The number of ether oxygens (including phenoxy) is 1. The van der Waals surface area contributed by atoms with Gasteiger partial charge in [-0.3, -0.25) is 4.79 Å². The highest BCUT2D eigenvalue weighted by molar-refractivity contribution is 5.78. The molecule has 5 heteroatoms. The lowest BCUT2D eigenvalue weighted by atomic mass is 10.0. The molecule has 0 aromatic carbocycles. The molecule has 0 bridgehead atoms. The predicted molar refractivity (Wildman–Crippen MR) is 77.3 cm³/mol. The van der Waals surface area contributed by atoms with E-state index in [1.54, 1.807) is 7.11 Å². The average Bonchev–Trinajstić information content (AvgIpc) is 2.44. The number of hydrogen-bond donors (Lipinski definition) is 1. The summed E-state index contributed by atoms with van der Waals surface area (Å²) in [4.78, 5) is 16.4. The van der Waals surface area contributed by atoms with Gasteiger partial charge in [0.15, 0.2) is 0 Å². The largest absolute Gasteiger partial charge is 0.383 e. The Bertz CT molecular complexity index is 253. The van der Waals surface area contributed by atoms with E-state index in [4.69, 9.17) is 4.74 Å². The molecule has 1 amide bonds. The van der Waals surface area contributed by atoms with Crippen molar-refractivity contribution in [1.29, 1.82) is 0 Å². The van der Waals surface area contributed by atoms with Crippen molar-refractivity contribution in [1.82, 2.24) is 15.1 Å². The third kappa shape index (κ3) is 5.89. The smallest absolute Gasteiger partial charge is 0.236 e. The molecule has 0 saturated carbocycles. The highest BCUT2D eigenvalue weighted by Crippen LogP contribution is 2.15. The summed E-state index contributed by atoms with van der Waals surface area (Å²) < 4.78 is 4.94. The van der Waals surface area contributed by atoms with Crippen LogP contribution in [0.25, 0.3) is 0 Å². The van der Waals surface area contributed by atoms with Crippen LogP contribution in [0.5, 0.6) is 0 Å². The van der Waals surface area contributed by atoms with Gasteiger partial charge in [0.25, 0.3) is 0 Å². The minimum atomic E-state index is 0.185. The molecule has 1 heterocycles. The number of piperidine rings is 1. The molecular weight excluding hydrogens is 242 g/mol. The molecule has 5 nitrogen and oxygen atoms in total. The Morgan fingerprint density at radius 1 is 1.42 bits per heavy atom. The fourth-order valence-corrected chi connectivity index (χ4v) is 2.54. The van der Waals surface area contributed by atoms with Gasteiger partial charge < -0.3 is 19.9 Å². The Hall–Kier alpha value is -0.650. The van der Waals surface area contributed by atoms with E-state index in [2.05, 4.69) is 17.1 Å². The SMILES string of the molecule is CCCN1CCC(N(C)C(=O)CNCCOC)CC1. The second-order valence-corrected chi connectivity index (χ2v) is 5.25. The van der Waals surface area contributed by atoms with Crippen molar-refractivity contribution >= 4 is 5.91 Å². The number of carbonyl (C=O) groups excluding carboxylic acids is 1. The molecule has 0 unspecified atom stereocenters. The summed E-state index contributed by atoms with van der Waals surface area (Å²) in [7, 11) is 3.60. The number of amides is 1. The number of nitrogens with one attached hydrogen (secondary N) is 1. The number of methoxy groups -OCH3 is 1. The number of hydrogen-bond acceptors (Lipinski definition) is 4. The molecule has 19 heavy (non-hydrogen) atoms. The van der Waals surface area contributed by atoms with Gasteiger partial charge in [0, 0.05) is 39.8 Å². The lowest BCUT2D eigenvalue weighted by Gasteiger charge is -2.36. The predicted octanol–water partition coefficient (Wildman–Crippen LogP) is 0.555. The first-order valence-electron chi connectivity index (χ1n) is 7.36. The number of rotatable bonds is 8. The third-order valence-corrected chi connectivity index (χ3v) is 3.80. The topological polar surface area (TPSA) is 44.8 Å². The molecule has 1 aliphatic heterocycles. The van der Waals surface area contributed by atoms with Gasteiger partial charge in [-0.05, 0) is 25.8 Å². The standard InChI is InChI=1S/C14H29N3O2/c1-4-8-17-9-5-13(6-10-17)16(2)14(18)12-15-7-11-19-3/h13,15H,4-12H2,1-3H3. The van der Waals surface area contributed by atoms with Gasteiger partial charge in [0.1, 0.15) is 0 Å². The summed E-state index contributed by atoms with van der Waals surface area (Å²) in [6.45, 7) is 7.42. The summed E-state index contributed by atoms with van der Waals surface area (Å²) in [5.74, 6) is 0.185. The highest BCUT2D eigenvalue weighted by Gasteiger charge is 2.24. The fourth-order valence-electron chi connectivity index (χ4n) is 2.54. The molecule has 1 fully saturated rings. The van der Waals surface area contributed by atoms with Crippen LogP contribution in [0.1, 0.15) is 26.2 Å². The van der Waals surface area contributed by atoms with Crippen molar-refractivity contribution in [3.05, 3.63) is 0 Å². The number of likely N-dealkylation sites (N-methyl/N-ethyl adjacent to an activating group) is 1. The molecule has 1 aliphatic rings. The van der Waals surface area contributed by atoms with Gasteiger partial charge in [-0.1, -0.05) is 6.92 Å². The molecule has 0 atom stereocenters. The minimum Gasteiger partial charge on any atom is -0.383 e. The third-order valence-electron chi connectivity index (χ3n) is 3.80. The van der Waals surface area contributed by atoms with E-state index in [0.29, 0.717) is 19.2 Å². The van der Waals surface area contributed by atoms with Crippen LogP contribution in [0, 0.1) is 0 Å². The molecule has 0 aromatic heterocycles. The van der Waals surface area contributed by atoms with Crippen molar-refractivity contribution in [3.63, 3.8) is 0 Å². The van der Waals surface area contributed by atoms with Gasteiger partial charge >= 0.3 is 0 Å². The average molecular weight is 271 g/mol. The monoisotopic (exact) mass is 271 g/mol. The van der Waals surface area contributed by atoms with Gasteiger partial charge in [-0.15, -0.1) is 0 Å². The van der Waals surface area contributed by atoms with Gasteiger partial charge in [-0.25, -0.2) is 0 Å². The van der Waals surface area contributed by atoms with Crippen molar-refractivity contribution in [2.75, 3.05) is 53.5 Å². The molecule has 1 N–H and O–H groups in total. The van der Waals surface area contributed by atoms with E-state index in [-0.39, 0.29) is 5.91 Å². The molecule has 112 valence electrons. The first kappa shape index (κ1) is 16.4. The highest BCUT2D eigenvalue weighted by atomic mass is 16.5. The summed E-state index contributed by atoms with van der Waals surface area (Å²) in [5, 5.41) is 3.11.